The van der Waals surface area contributed by atoms with Crippen LogP contribution in [-0.4, -0.2) is 18.2 Å². The first-order chi connectivity index (χ1) is 11.3. The van der Waals surface area contributed by atoms with Crippen molar-refractivity contribution in [3.8, 4) is 17.6 Å². The van der Waals surface area contributed by atoms with Gasteiger partial charge in [-0.05, 0) is 43.2 Å². The lowest BCUT2D eigenvalue weighted by Gasteiger charge is -2.16. The van der Waals surface area contributed by atoms with Gasteiger partial charge in [-0.25, -0.2) is 0 Å². The van der Waals surface area contributed by atoms with Crippen molar-refractivity contribution in [2.75, 3.05) is 7.11 Å². The monoisotopic (exact) mass is 326 g/mol. The Kier molecular flexibility index (Phi) is 4.94. The van der Waals surface area contributed by atoms with E-state index in [4.69, 9.17) is 9.47 Å². The fraction of sp³-hybridized carbons (Fsp3) is 0.333. The maximum absolute atomic E-state index is 9.36. The molecule has 0 N–H and O–H groups in total. The third-order valence-electron chi connectivity index (χ3n) is 3.87. The van der Waals surface area contributed by atoms with Crippen LogP contribution in [0.2, 0.25) is 0 Å². The number of methoxy groups -OCH3 is 1. The minimum atomic E-state index is 0.246. The van der Waals surface area contributed by atoms with Gasteiger partial charge in [0.05, 0.1) is 30.7 Å². The van der Waals surface area contributed by atoms with Crippen LogP contribution in [0.3, 0.4) is 0 Å². The van der Waals surface area contributed by atoms with Crippen molar-refractivity contribution >= 4 is 23.0 Å². The number of ether oxygens (including phenoxy) is 2. The van der Waals surface area contributed by atoms with Crippen LogP contribution in [-0.2, 0) is 0 Å². The Morgan fingerprint density at radius 2 is 2.22 bits per heavy atom. The number of hydrogen-bond donors (Lipinski definition) is 0. The molecule has 1 saturated carbocycles. The fourth-order valence-corrected chi connectivity index (χ4v) is 3.38. The number of rotatable bonds is 5. The molecule has 0 saturated heterocycles. The average Bonchev–Trinajstić information content (AvgIpc) is 3.26. The van der Waals surface area contributed by atoms with Crippen molar-refractivity contribution < 1.29 is 9.47 Å². The van der Waals surface area contributed by atoms with E-state index in [0.717, 1.165) is 17.7 Å². The molecule has 0 aromatic carbocycles. The maximum Gasteiger partial charge on any atom is 0.179 e. The Labute approximate surface area is 140 Å². The van der Waals surface area contributed by atoms with Gasteiger partial charge >= 0.3 is 0 Å². The standard InChI is InChI=1S/C18H18N2O2S/c1-21-17-12-20-14(9-13(11-19)18-7-4-8-23-18)10-16(17)22-15-5-2-3-6-15/h4,7-10,12,15H,2-3,5-6H2,1H3/b13-9-. The van der Waals surface area contributed by atoms with Crippen LogP contribution < -0.4 is 9.47 Å². The Balaban J connectivity index is 1.89. The molecule has 4 nitrogen and oxygen atoms in total. The van der Waals surface area contributed by atoms with E-state index in [1.807, 2.05) is 23.6 Å². The summed E-state index contributed by atoms with van der Waals surface area (Å²) in [6.07, 6.45) is 8.26. The summed E-state index contributed by atoms with van der Waals surface area (Å²) in [4.78, 5) is 5.29. The molecule has 0 atom stereocenters. The molecule has 2 heterocycles. The second-order valence-corrected chi connectivity index (χ2v) is 6.38. The molecule has 3 rings (SSSR count). The van der Waals surface area contributed by atoms with Gasteiger partial charge in [0.25, 0.3) is 0 Å². The molecule has 0 spiro atoms. The minimum Gasteiger partial charge on any atom is -0.491 e. The lowest BCUT2D eigenvalue weighted by atomic mass is 10.2. The van der Waals surface area contributed by atoms with Crippen molar-refractivity contribution in [3.05, 3.63) is 40.3 Å². The maximum atomic E-state index is 9.36. The number of nitrogens with zero attached hydrogens (tertiary/aromatic N) is 2. The Bertz CT molecular complexity index is 726. The van der Waals surface area contributed by atoms with Crippen LogP contribution in [0.4, 0.5) is 0 Å². The van der Waals surface area contributed by atoms with Crippen LogP contribution in [0.1, 0.15) is 36.3 Å². The summed E-state index contributed by atoms with van der Waals surface area (Å²) in [6.45, 7) is 0. The normalized spacial score (nSPS) is 15.4. The zero-order valence-electron chi connectivity index (χ0n) is 13.0. The zero-order chi connectivity index (χ0) is 16.1. The van der Waals surface area contributed by atoms with E-state index in [0.29, 0.717) is 22.8 Å². The second-order valence-electron chi connectivity index (χ2n) is 5.43. The SMILES string of the molecule is COc1cnc(/C=C(/C#N)c2cccs2)cc1OC1CCCC1. The first-order valence-electron chi connectivity index (χ1n) is 7.66. The van der Waals surface area contributed by atoms with Gasteiger partial charge in [0.2, 0.25) is 0 Å². The molecule has 5 heteroatoms. The number of pyridine rings is 1. The third-order valence-corrected chi connectivity index (χ3v) is 4.77. The average molecular weight is 326 g/mol. The highest BCUT2D eigenvalue weighted by Crippen LogP contribution is 2.32. The van der Waals surface area contributed by atoms with Crippen LogP contribution in [0, 0.1) is 11.3 Å². The van der Waals surface area contributed by atoms with Gasteiger partial charge in [0.15, 0.2) is 11.5 Å². The molecule has 2 aromatic heterocycles. The molecule has 1 fully saturated rings. The predicted molar refractivity (Wildman–Crippen MR) is 91.5 cm³/mol. The number of nitriles is 1. The van der Waals surface area contributed by atoms with Crippen LogP contribution >= 0.6 is 11.3 Å². The summed E-state index contributed by atoms with van der Waals surface area (Å²) in [5, 5.41) is 11.3. The van der Waals surface area contributed by atoms with Crippen molar-refractivity contribution in [2.24, 2.45) is 0 Å². The Morgan fingerprint density at radius 1 is 1.39 bits per heavy atom. The second kappa shape index (κ2) is 7.30. The topological polar surface area (TPSA) is 55.1 Å². The highest BCUT2D eigenvalue weighted by Gasteiger charge is 2.19. The van der Waals surface area contributed by atoms with E-state index < -0.39 is 0 Å². The molecule has 23 heavy (non-hydrogen) atoms. The molecule has 2 aromatic rings. The summed E-state index contributed by atoms with van der Waals surface area (Å²) in [6, 6.07) is 7.94. The Morgan fingerprint density at radius 3 is 2.87 bits per heavy atom. The highest BCUT2D eigenvalue weighted by molar-refractivity contribution is 7.11. The number of hydrogen-bond acceptors (Lipinski definition) is 5. The summed E-state index contributed by atoms with van der Waals surface area (Å²) < 4.78 is 11.4. The summed E-state index contributed by atoms with van der Waals surface area (Å²) >= 11 is 1.54. The van der Waals surface area contributed by atoms with Crippen LogP contribution in [0.15, 0.2) is 29.8 Å². The largest absolute Gasteiger partial charge is 0.491 e. The summed E-state index contributed by atoms with van der Waals surface area (Å²) in [7, 11) is 1.61. The molecule has 0 bridgehead atoms. The molecule has 0 unspecified atom stereocenters. The van der Waals surface area contributed by atoms with Gasteiger partial charge in [-0.3, -0.25) is 4.98 Å². The number of thiophene rings is 1. The molecule has 1 aliphatic rings. The number of allylic oxidation sites excluding steroid dienone is 1. The smallest absolute Gasteiger partial charge is 0.179 e. The van der Waals surface area contributed by atoms with E-state index >= 15 is 0 Å². The van der Waals surface area contributed by atoms with Gasteiger partial charge < -0.3 is 9.47 Å². The Hall–Kier alpha value is -2.32. The lowest BCUT2D eigenvalue weighted by molar-refractivity contribution is 0.200. The molecule has 1 aliphatic carbocycles. The van der Waals surface area contributed by atoms with E-state index in [2.05, 4.69) is 11.1 Å². The molecular weight excluding hydrogens is 308 g/mol. The quantitative estimate of drug-likeness (QED) is 0.757. The van der Waals surface area contributed by atoms with Gasteiger partial charge in [-0.15, -0.1) is 11.3 Å². The van der Waals surface area contributed by atoms with Crippen LogP contribution in [0.25, 0.3) is 11.6 Å². The van der Waals surface area contributed by atoms with Crippen molar-refractivity contribution in [1.82, 2.24) is 4.98 Å². The first-order valence-corrected chi connectivity index (χ1v) is 8.54. The molecule has 118 valence electrons. The zero-order valence-corrected chi connectivity index (χ0v) is 13.8. The van der Waals surface area contributed by atoms with Gasteiger partial charge in [-0.1, -0.05) is 6.07 Å². The van der Waals surface area contributed by atoms with E-state index in [1.54, 1.807) is 19.4 Å². The van der Waals surface area contributed by atoms with Crippen LogP contribution in [0.5, 0.6) is 11.5 Å². The number of aromatic nitrogens is 1. The predicted octanol–water partition coefficient (Wildman–Crippen LogP) is 4.54. The molecule has 0 radical (unpaired) electrons. The lowest BCUT2D eigenvalue weighted by Crippen LogP contribution is -2.11. The first kappa shape index (κ1) is 15.6. The third kappa shape index (κ3) is 3.72. The van der Waals surface area contributed by atoms with Gasteiger partial charge in [-0.2, -0.15) is 5.26 Å². The minimum absolute atomic E-state index is 0.246. The van der Waals surface area contributed by atoms with Gasteiger partial charge in [0, 0.05) is 10.9 Å². The van der Waals surface area contributed by atoms with Crippen molar-refractivity contribution in [1.29, 1.82) is 5.26 Å². The summed E-state index contributed by atoms with van der Waals surface area (Å²) in [5.41, 5.74) is 1.30. The highest BCUT2D eigenvalue weighted by atomic mass is 32.1. The summed E-state index contributed by atoms with van der Waals surface area (Å²) in [5.74, 6) is 1.33. The molecule has 0 aliphatic heterocycles. The molecular formula is C18H18N2O2S. The van der Waals surface area contributed by atoms with E-state index in [1.165, 1.54) is 24.2 Å². The van der Waals surface area contributed by atoms with E-state index in [9.17, 15) is 5.26 Å². The van der Waals surface area contributed by atoms with Crippen molar-refractivity contribution in [2.45, 2.75) is 31.8 Å². The molecule has 0 amide bonds. The van der Waals surface area contributed by atoms with Gasteiger partial charge in [0.1, 0.15) is 6.07 Å². The van der Waals surface area contributed by atoms with E-state index in [-0.39, 0.29) is 6.10 Å². The fourth-order valence-electron chi connectivity index (χ4n) is 2.69. The van der Waals surface area contributed by atoms with Crippen molar-refractivity contribution in [3.63, 3.8) is 0 Å².